The molecule has 0 unspecified atom stereocenters. The average molecular weight is 377 g/mol. The number of hydrogen-bond donors (Lipinski definition) is 1. The van der Waals surface area contributed by atoms with Crippen molar-refractivity contribution in [2.24, 2.45) is 0 Å². The van der Waals surface area contributed by atoms with E-state index < -0.39 is 6.09 Å². The molecule has 1 N–H and O–H groups in total. The van der Waals surface area contributed by atoms with Gasteiger partial charge in [-0.2, -0.15) is 0 Å². The minimum absolute atomic E-state index is 0.215. The molecule has 2 heterocycles. The van der Waals surface area contributed by atoms with Crippen molar-refractivity contribution in [2.75, 3.05) is 0 Å². The maximum atomic E-state index is 12.3. The molecule has 6 nitrogen and oxygen atoms in total. The molecular formula is C22H23N3O3. The van der Waals surface area contributed by atoms with Gasteiger partial charge in [0, 0.05) is 24.0 Å². The predicted octanol–water partition coefficient (Wildman–Crippen LogP) is 5.13. The van der Waals surface area contributed by atoms with Gasteiger partial charge in [0.1, 0.15) is 12.0 Å². The van der Waals surface area contributed by atoms with E-state index in [1.165, 1.54) is 12.7 Å². The van der Waals surface area contributed by atoms with Crippen LogP contribution >= 0.6 is 0 Å². The van der Waals surface area contributed by atoms with E-state index in [-0.39, 0.29) is 6.04 Å². The molecule has 0 radical (unpaired) electrons. The molecule has 1 aliphatic rings. The van der Waals surface area contributed by atoms with Gasteiger partial charge in [0.15, 0.2) is 0 Å². The molecule has 6 heteroatoms. The Morgan fingerprint density at radius 2 is 1.89 bits per heavy atom. The van der Waals surface area contributed by atoms with Crippen LogP contribution in [0, 0.1) is 6.92 Å². The third-order valence-electron chi connectivity index (χ3n) is 4.94. The monoisotopic (exact) mass is 377 g/mol. The van der Waals surface area contributed by atoms with Gasteiger partial charge in [0.2, 0.25) is 5.89 Å². The second-order valence-electron chi connectivity index (χ2n) is 7.20. The van der Waals surface area contributed by atoms with Crippen molar-refractivity contribution >= 4 is 6.09 Å². The fourth-order valence-corrected chi connectivity index (χ4v) is 3.60. The summed E-state index contributed by atoms with van der Waals surface area (Å²) in [6.07, 6.45) is 11.8. The summed E-state index contributed by atoms with van der Waals surface area (Å²) in [6.45, 7) is 1.97. The number of nitrogens with one attached hydrogen (secondary N) is 1. The molecule has 1 amide bonds. The second kappa shape index (κ2) is 8.25. The van der Waals surface area contributed by atoms with Crippen LogP contribution in [-0.4, -0.2) is 22.1 Å². The summed E-state index contributed by atoms with van der Waals surface area (Å²) in [5.74, 6) is 1.04. The van der Waals surface area contributed by atoms with Crippen molar-refractivity contribution in [3.05, 3.63) is 54.7 Å². The molecule has 0 atom stereocenters. The normalized spacial score (nSPS) is 14.6. The van der Waals surface area contributed by atoms with Crippen LogP contribution in [0.25, 0.3) is 22.6 Å². The topological polar surface area (TPSA) is 77.2 Å². The van der Waals surface area contributed by atoms with E-state index in [1.807, 2.05) is 31.2 Å². The molecule has 0 aliphatic heterocycles. The first-order chi connectivity index (χ1) is 13.7. The predicted molar refractivity (Wildman–Crippen MR) is 106 cm³/mol. The number of rotatable bonds is 4. The minimum Gasteiger partial charge on any atom is -0.444 e. The smallest absolute Gasteiger partial charge is 0.412 e. The van der Waals surface area contributed by atoms with Crippen LogP contribution < -0.4 is 10.1 Å². The maximum Gasteiger partial charge on any atom is 0.412 e. The first-order valence-corrected chi connectivity index (χ1v) is 9.63. The van der Waals surface area contributed by atoms with Crippen LogP contribution in [0.5, 0.6) is 5.75 Å². The number of aryl methyl sites for hydroxylation is 1. The highest BCUT2D eigenvalue weighted by Crippen LogP contribution is 2.28. The number of ether oxygens (including phenoxy) is 1. The van der Waals surface area contributed by atoms with Gasteiger partial charge in [-0.15, -0.1) is 0 Å². The standard InChI is InChI=1S/C22H23N3O3/c1-15-9-16(17-11-18(14-23-13-17)21-24-7-8-27-21)12-20(10-15)28-22(26)25-19-5-3-2-4-6-19/h7-14,19H,2-6H2,1H3,(H,25,26). The Morgan fingerprint density at radius 3 is 2.68 bits per heavy atom. The largest absolute Gasteiger partial charge is 0.444 e. The van der Waals surface area contributed by atoms with Crippen molar-refractivity contribution in [2.45, 2.75) is 45.1 Å². The molecule has 1 saturated carbocycles. The number of aromatic nitrogens is 2. The fourth-order valence-electron chi connectivity index (χ4n) is 3.60. The Bertz CT molecular complexity index is 947. The maximum absolute atomic E-state index is 12.3. The number of benzene rings is 1. The lowest BCUT2D eigenvalue weighted by molar-refractivity contribution is 0.192. The highest BCUT2D eigenvalue weighted by Gasteiger charge is 2.17. The van der Waals surface area contributed by atoms with E-state index in [4.69, 9.17) is 9.15 Å². The van der Waals surface area contributed by atoms with Crippen molar-refractivity contribution in [3.63, 3.8) is 0 Å². The Hall–Kier alpha value is -3.15. The quantitative estimate of drug-likeness (QED) is 0.682. The van der Waals surface area contributed by atoms with E-state index in [9.17, 15) is 4.79 Å². The summed E-state index contributed by atoms with van der Waals surface area (Å²) >= 11 is 0. The molecule has 0 saturated heterocycles. The highest BCUT2D eigenvalue weighted by molar-refractivity contribution is 5.74. The van der Waals surface area contributed by atoms with Crippen molar-refractivity contribution < 1.29 is 13.9 Å². The fraction of sp³-hybridized carbons (Fsp3) is 0.318. The summed E-state index contributed by atoms with van der Waals surface area (Å²) in [5, 5.41) is 2.98. The lowest BCUT2D eigenvalue weighted by Gasteiger charge is -2.22. The molecule has 144 valence electrons. The molecule has 28 heavy (non-hydrogen) atoms. The number of carbonyl (C=O) groups is 1. The van der Waals surface area contributed by atoms with E-state index in [0.29, 0.717) is 11.6 Å². The van der Waals surface area contributed by atoms with Gasteiger partial charge in [-0.3, -0.25) is 4.98 Å². The van der Waals surface area contributed by atoms with Crippen LogP contribution in [0.4, 0.5) is 4.79 Å². The first-order valence-electron chi connectivity index (χ1n) is 9.63. The van der Waals surface area contributed by atoms with Crippen LogP contribution in [0.3, 0.4) is 0 Å². The zero-order chi connectivity index (χ0) is 19.3. The van der Waals surface area contributed by atoms with Gasteiger partial charge in [-0.05, 0) is 49.1 Å². The minimum atomic E-state index is -0.393. The van der Waals surface area contributed by atoms with E-state index in [1.54, 1.807) is 18.6 Å². The van der Waals surface area contributed by atoms with Crippen LogP contribution in [0.15, 0.2) is 53.5 Å². The number of amides is 1. The molecular weight excluding hydrogens is 354 g/mol. The van der Waals surface area contributed by atoms with Crippen molar-refractivity contribution in [3.8, 4) is 28.3 Å². The van der Waals surface area contributed by atoms with Gasteiger partial charge in [-0.25, -0.2) is 9.78 Å². The van der Waals surface area contributed by atoms with Gasteiger partial charge in [0.25, 0.3) is 0 Å². The van der Waals surface area contributed by atoms with Gasteiger partial charge in [-0.1, -0.05) is 25.3 Å². The van der Waals surface area contributed by atoms with Crippen LogP contribution in [-0.2, 0) is 0 Å². The highest BCUT2D eigenvalue weighted by atomic mass is 16.6. The number of pyridine rings is 1. The Balaban J connectivity index is 1.52. The van der Waals surface area contributed by atoms with E-state index >= 15 is 0 Å². The van der Waals surface area contributed by atoms with Crippen molar-refractivity contribution in [1.82, 2.24) is 15.3 Å². The molecule has 2 aromatic heterocycles. The third-order valence-corrected chi connectivity index (χ3v) is 4.94. The molecule has 1 aromatic carbocycles. The number of oxazole rings is 1. The molecule has 3 aromatic rings. The lowest BCUT2D eigenvalue weighted by Crippen LogP contribution is -2.38. The lowest BCUT2D eigenvalue weighted by atomic mass is 9.96. The zero-order valence-corrected chi connectivity index (χ0v) is 15.9. The molecule has 1 aliphatic carbocycles. The summed E-state index contributed by atoms with van der Waals surface area (Å²) in [6, 6.07) is 7.91. The van der Waals surface area contributed by atoms with E-state index in [0.717, 1.165) is 47.9 Å². The third kappa shape index (κ3) is 4.39. The average Bonchev–Trinajstić information content (AvgIpc) is 3.23. The van der Waals surface area contributed by atoms with Crippen molar-refractivity contribution in [1.29, 1.82) is 0 Å². The second-order valence-corrected chi connectivity index (χ2v) is 7.20. The van der Waals surface area contributed by atoms with E-state index in [2.05, 4.69) is 15.3 Å². The molecule has 0 bridgehead atoms. The Kier molecular flexibility index (Phi) is 5.37. The molecule has 1 fully saturated rings. The summed E-state index contributed by atoms with van der Waals surface area (Å²) in [5.41, 5.74) is 3.61. The zero-order valence-electron chi connectivity index (χ0n) is 15.9. The van der Waals surface area contributed by atoms with Gasteiger partial charge in [0.05, 0.1) is 11.8 Å². The number of carbonyl (C=O) groups excluding carboxylic acids is 1. The number of nitrogens with zero attached hydrogens (tertiary/aromatic N) is 2. The molecule has 0 spiro atoms. The molecule has 4 rings (SSSR count). The summed E-state index contributed by atoms with van der Waals surface area (Å²) in [4.78, 5) is 20.7. The van der Waals surface area contributed by atoms with Gasteiger partial charge >= 0.3 is 6.09 Å². The van der Waals surface area contributed by atoms with Crippen LogP contribution in [0.1, 0.15) is 37.7 Å². The Labute approximate surface area is 164 Å². The Morgan fingerprint density at radius 1 is 1.07 bits per heavy atom. The van der Waals surface area contributed by atoms with Crippen LogP contribution in [0.2, 0.25) is 0 Å². The summed E-state index contributed by atoms with van der Waals surface area (Å²) < 4.78 is 10.9. The number of hydrogen-bond acceptors (Lipinski definition) is 5. The summed E-state index contributed by atoms with van der Waals surface area (Å²) in [7, 11) is 0. The first kappa shape index (κ1) is 18.2. The van der Waals surface area contributed by atoms with Gasteiger partial charge < -0.3 is 14.5 Å². The SMILES string of the molecule is Cc1cc(OC(=O)NC2CCCCC2)cc(-c2cncc(-c3ncco3)c2)c1.